The second-order valence-corrected chi connectivity index (χ2v) is 4.24. The van der Waals surface area contributed by atoms with Crippen LogP contribution in [0.4, 0.5) is 4.39 Å². The third-order valence-electron chi connectivity index (χ3n) is 2.68. The van der Waals surface area contributed by atoms with E-state index < -0.39 is 0 Å². The van der Waals surface area contributed by atoms with E-state index in [1.54, 1.807) is 13.8 Å². The summed E-state index contributed by atoms with van der Waals surface area (Å²) in [6.45, 7) is 6.73. The molecule has 1 aromatic carbocycles. The Morgan fingerprint density at radius 3 is 2.38 bits per heavy atom. The second-order valence-electron chi connectivity index (χ2n) is 4.24. The van der Waals surface area contributed by atoms with Crippen molar-refractivity contribution in [3.05, 3.63) is 34.6 Å². The third kappa shape index (κ3) is 3.58. The van der Waals surface area contributed by atoms with Gasteiger partial charge in [-0.3, -0.25) is 0 Å². The summed E-state index contributed by atoms with van der Waals surface area (Å²) in [6, 6.07) is 3.68. The number of halogens is 1. The molecule has 1 unspecified atom stereocenters. The van der Waals surface area contributed by atoms with Gasteiger partial charge in [-0.15, -0.1) is 0 Å². The van der Waals surface area contributed by atoms with Crippen LogP contribution in [0.15, 0.2) is 12.1 Å². The maximum Gasteiger partial charge on any atom is 0.129 e. The molecule has 1 aromatic rings. The number of aliphatic hydroxyl groups excluding tert-OH is 1. The van der Waals surface area contributed by atoms with Crippen LogP contribution in [-0.4, -0.2) is 17.8 Å². The summed E-state index contributed by atoms with van der Waals surface area (Å²) >= 11 is 0. The van der Waals surface area contributed by atoms with Crippen LogP contribution in [0.5, 0.6) is 0 Å². The normalized spacial score (nSPS) is 12.8. The summed E-state index contributed by atoms with van der Waals surface area (Å²) in [5.74, 6) is -0.127. The highest BCUT2D eigenvalue weighted by Crippen LogP contribution is 2.14. The molecule has 0 fully saturated rings. The summed E-state index contributed by atoms with van der Waals surface area (Å²) in [7, 11) is 0. The average molecular weight is 225 g/mol. The number of hydrogen-bond donors (Lipinski definition) is 2. The van der Waals surface area contributed by atoms with Crippen LogP contribution in [-0.2, 0) is 6.54 Å². The fourth-order valence-electron chi connectivity index (χ4n) is 1.67. The van der Waals surface area contributed by atoms with Gasteiger partial charge >= 0.3 is 0 Å². The van der Waals surface area contributed by atoms with Crippen LogP contribution in [0.3, 0.4) is 0 Å². The Morgan fingerprint density at radius 1 is 1.31 bits per heavy atom. The molecular weight excluding hydrogens is 205 g/mol. The highest BCUT2D eigenvalue weighted by atomic mass is 19.1. The third-order valence-corrected chi connectivity index (χ3v) is 2.68. The molecule has 0 aliphatic carbocycles. The Bertz CT molecular complexity index is 329. The van der Waals surface area contributed by atoms with Gasteiger partial charge in [-0.05, 0) is 37.0 Å². The largest absolute Gasteiger partial charge is 0.392 e. The van der Waals surface area contributed by atoms with Crippen molar-refractivity contribution in [2.75, 3.05) is 6.54 Å². The molecule has 0 saturated heterocycles. The van der Waals surface area contributed by atoms with Crippen molar-refractivity contribution in [3.63, 3.8) is 0 Å². The van der Waals surface area contributed by atoms with Gasteiger partial charge in [0.15, 0.2) is 0 Å². The quantitative estimate of drug-likeness (QED) is 0.806. The zero-order valence-corrected chi connectivity index (χ0v) is 10.2. The lowest BCUT2D eigenvalue weighted by Gasteiger charge is -2.11. The zero-order valence-electron chi connectivity index (χ0n) is 10.2. The van der Waals surface area contributed by atoms with Gasteiger partial charge in [-0.1, -0.05) is 19.1 Å². The molecule has 1 atom stereocenters. The van der Waals surface area contributed by atoms with Crippen molar-refractivity contribution in [2.24, 2.45) is 0 Å². The van der Waals surface area contributed by atoms with Crippen LogP contribution in [0, 0.1) is 19.7 Å². The van der Waals surface area contributed by atoms with Gasteiger partial charge in [0, 0.05) is 13.1 Å². The van der Waals surface area contributed by atoms with Gasteiger partial charge in [0.05, 0.1) is 6.10 Å². The van der Waals surface area contributed by atoms with E-state index in [1.165, 1.54) is 0 Å². The monoisotopic (exact) mass is 225 g/mol. The molecule has 2 nitrogen and oxygen atoms in total. The molecule has 2 N–H and O–H groups in total. The van der Waals surface area contributed by atoms with Crippen LogP contribution >= 0.6 is 0 Å². The average Bonchev–Trinajstić information content (AvgIpc) is 2.25. The maximum atomic E-state index is 13.4. The summed E-state index contributed by atoms with van der Waals surface area (Å²) in [6.07, 6.45) is 0.441. The molecule has 90 valence electrons. The summed E-state index contributed by atoms with van der Waals surface area (Å²) in [5, 5.41) is 12.5. The van der Waals surface area contributed by atoms with Gasteiger partial charge in [-0.2, -0.15) is 0 Å². The standard InChI is InChI=1S/C13H20FNO/c1-4-12(16)8-15-7-11-5-9(2)13(14)10(3)6-11/h5-6,12,15-16H,4,7-8H2,1-3H3. The van der Waals surface area contributed by atoms with Crippen LogP contribution < -0.4 is 5.32 Å². The lowest BCUT2D eigenvalue weighted by Crippen LogP contribution is -2.25. The first-order valence-electron chi connectivity index (χ1n) is 5.69. The predicted octanol–water partition coefficient (Wildman–Crippen LogP) is 2.30. The fourth-order valence-corrected chi connectivity index (χ4v) is 1.67. The molecule has 16 heavy (non-hydrogen) atoms. The summed E-state index contributed by atoms with van der Waals surface area (Å²) < 4.78 is 13.4. The molecule has 0 spiro atoms. The second kappa shape index (κ2) is 5.97. The van der Waals surface area contributed by atoms with Gasteiger partial charge < -0.3 is 10.4 Å². The number of aliphatic hydroxyl groups is 1. The van der Waals surface area contributed by atoms with E-state index in [0.29, 0.717) is 24.2 Å². The predicted molar refractivity (Wildman–Crippen MR) is 63.9 cm³/mol. The zero-order chi connectivity index (χ0) is 12.1. The lowest BCUT2D eigenvalue weighted by molar-refractivity contribution is 0.167. The van der Waals surface area contributed by atoms with Crippen molar-refractivity contribution in [3.8, 4) is 0 Å². The minimum Gasteiger partial charge on any atom is -0.392 e. The van der Waals surface area contributed by atoms with Gasteiger partial charge in [0.2, 0.25) is 0 Å². The van der Waals surface area contributed by atoms with E-state index in [4.69, 9.17) is 0 Å². The summed E-state index contributed by atoms with van der Waals surface area (Å²) in [5.41, 5.74) is 2.40. The molecule has 1 rings (SSSR count). The number of nitrogens with one attached hydrogen (secondary N) is 1. The lowest BCUT2D eigenvalue weighted by atomic mass is 10.1. The van der Waals surface area contributed by atoms with Gasteiger partial charge in [0.1, 0.15) is 5.82 Å². The molecule has 0 aliphatic heterocycles. The number of benzene rings is 1. The van der Waals surface area contributed by atoms with Crippen molar-refractivity contribution in [1.82, 2.24) is 5.32 Å². The Hall–Kier alpha value is -0.930. The molecule has 0 radical (unpaired) electrons. The van der Waals surface area contributed by atoms with Crippen LogP contribution in [0.25, 0.3) is 0 Å². The molecule has 0 amide bonds. The van der Waals surface area contributed by atoms with Gasteiger partial charge in [0.25, 0.3) is 0 Å². The van der Waals surface area contributed by atoms with E-state index in [-0.39, 0.29) is 11.9 Å². The number of rotatable bonds is 5. The van der Waals surface area contributed by atoms with Crippen molar-refractivity contribution >= 4 is 0 Å². The van der Waals surface area contributed by atoms with E-state index in [0.717, 1.165) is 12.0 Å². The fraction of sp³-hybridized carbons (Fsp3) is 0.538. The van der Waals surface area contributed by atoms with Gasteiger partial charge in [-0.25, -0.2) is 4.39 Å². The van der Waals surface area contributed by atoms with Crippen molar-refractivity contribution < 1.29 is 9.50 Å². The number of hydrogen-bond acceptors (Lipinski definition) is 2. The Labute approximate surface area is 96.5 Å². The van der Waals surface area contributed by atoms with E-state index in [1.807, 2.05) is 19.1 Å². The molecular formula is C13H20FNO. The molecule has 0 aliphatic rings. The first-order valence-corrected chi connectivity index (χ1v) is 5.69. The maximum absolute atomic E-state index is 13.4. The Morgan fingerprint density at radius 2 is 1.88 bits per heavy atom. The minimum atomic E-state index is -0.303. The van der Waals surface area contributed by atoms with E-state index in [2.05, 4.69) is 5.32 Å². The highest BCUT2D eigenvalue weighted by Gasteiger charge is 2.05. The van der Waals surface area contributed by atoms with Crippen LogP contribution in [0.1, 0.15) is 30.0 Å². The summed E-state index contributed by atoms with van der Waals surface area (Å²) in [4.78, 5) is 0. The highest BCUT2D eigenvalue weighted by molar-refractivity contribution is 5.30. The SMILES string of the molecule is CCC(O)CNCc1cc(C)c(F)c(C)c1. The van der Waals surface area contributed by atoms with E-state index >= 15 is 0 Å². The molecule has 0 aromatic heterocycles. The number of aryl methyl sites for hydroxylation is 2. The molecule has 0 saturated carbocycles. The topological polar surface area (TPSA) is 32.3 Å². The molecule has 0 bridgehead atoms. The molecule has 3 heteroatoms. The minimum absolute atomic E-state index is 0.127. The molecule has 0 heterocycles. The Balaban J connectivity index is 2.55. The first kappa shape index (κ1) is 13.1. The van der Waals surface area contributed by atoms with E-state index in [9.17, 15) is 9.50 Å². The van der Waals surface area contributed by atoms with Crippen molar-refractivity contribution in [2.45, 2.75) is 39.8 Å². The van der Waals surface area contributed by atoms with Crippen LogP contribution in [0.2, 0.25) is 0 Å². The first-order chi connectivity index (χ1) is 7.54. The Kier molecular flexibility index (Phi) is 4.90. The smallest absolute Gasteiger partial charge is 0.129 e. The van der Waals surface area contributed by atoms with Crippen molar-refractivity contribution in [1.29, 1.82) is 0 Å².